The normalized spacial score (nSPS) is 15.4. The van der Waals surface area contributed by atoms with E-state index in [2.05, 4.69) is 20.4 Å². The highest BCUT2D eigenvalue weighted by Gasteiger charge is 2.13. The molecule has 0 bridgehead atoms. The molecule has 0 aliphatic carbocycles. The largest absolute Gasteiger partial charge is 0.508 e. The molecule has 1 aliphatic rings. The fourth-order valence-corrected chi connectivity index (χ4v) is 4.22. The topological polar surface area (TPSA) is 60.8 Å². The Morgan fingerprint density at radius 2 is 1.93 bits per heavy atom. The van der Waals surface area contributed by atoms with Crippen LogP contribution in [0, 0.1) is 0 Å². The first-order valence-electron chi connectivity index (χ1n) is 10.0. The van der Waals surface area contributed by atoms with Crippen molar-refractivity contribution in [3.05, 3.63) is 65.0 Å². The zero-order valence-electron chi connectivity index (χ0n) is 16.6. The maximum atomic E-state index is 10.3. The maximum Gasteiger partial charge on any atom is 0.203 e. The third-order valence-electron chi connectivity index (χ3n) is 5.23. The molecule has 2 heterocycles. The van der Waals surface area contributed by atoms with Crippen molar-refractivity contribution in [1.82, 2.24) is 9.88 Å². The van der Waals surface area contributed by atoms with Gasteiger partial charge in [-0.25, -0.2) is 4.98 Å². The van der Waals surface area contributed by atoms with Crippen LogP contribution in [0.1, 0.15) is 37.3 Å². The molecule has 3 aromatic rings. The SMILES string of the molecule is C/C(=N\Nc1nc(-c2ccccc2)cs1)c1ccc(O)c(CN2CCCCC2)c1. The van der Waals surface area contributed by atoms with Crippen molar-refractivity contribution in [2.24, 2.45) is 5.10 Å². The minimum absolute atomic E-state index is 0.354. The number of phenols is 1. The molecule has 1 aromatic heterocycles. The summed E-state index contributed by atoms with van der Waals surface area (Å²) in [5, 5.41) is 17.6. The number of nitrogens with one attached hydrogen (secondary N) is 1. The van der Waals surface area contributed by atoms with E-state index in [4.69, 9.17) is 0 Å². The molecule has 0 atom stereocenters. The molecule has 0 saturated carbocycles. The van der Waals surface area contributed by atoms with Gasteiger partial charge >= 0.3 is 0 Å². The molecule has 0 unspecified atom stereocenters. The molecule has 1 fully saturated rings. The standard InChI is InChI=1S/C23H26N4OS/c1-17(25-26-23-24-21(16-29-23)18-8-4-2-5-9-18)19-10-11-22(28)20(14-19)15-27-12-6-3-7-13-27/h2,4-5,8-11,14,16,28H,3,6-7,12-13,15H2,1H3,(H,24,26)/b25-17+. The average molecular weight is 407 g/mol. The Balaban J connectivity index is 1.45. The van der Waals surface area contributed by atoms with Crippen molar-refractivity contribution in [3.8, 4) is 17.0 Å². The van der Waals surface area contributed by atoms with E-state index in [1.165, 1.54) is 30.6 Å². The van der Waals surface area contributed by atoms with Gasteiger partial charge in [0.25, 0.3) is 0 Å². The zero-order valence-corrected chi connectivity index (χ0v) is 17.5. The Morgan fingerprint density at radius 1 is 1.14 bits per heavy atom. The molecule has 2 N–H and O–H groups in total. The average Bonchev–Trinajstić information content (AvgIpc) is 3.24. The van der Waals surface area contributed by atoms with Crippen LogP contribution in [0.25, 0.3) is 11.3 Å². The number of thiazole rings is 1. The number of anilines is 1. The van der Waals surface area contributed by atoms with Crippen molar-refractivity contribution < 1.29 is 5.11 Å². The van der Waals surface area contributed by atoms with E-state index >= 15 is 0 Å². The summed E-state index contributed by atoms with van der Waals surface area (Å²) < 4.78 is 0. The van der Waals surface area contributed by atoms with Gasteiger partial charge in [0.15, 0.2) is 0 Å². The van der Waals surface area contributed by atoms with Crippen LogP contribution >= 0.6 is 11.3 Å². The molecule has 6 heteroatoms. The van der Waals surface area contributed by atoms with Crippen LogP contribution in [0.5, 0.6) is 5.75 Å². The summed E-state index contributed by atoms with van der Waals surface area (Å²) in [6.45, 7) is 4.96. The first-order chi connectivity index (χ1) is 14.2. The van der Waals surface area contributed by atoms with Crippen LogP contribution < -0.4 is 5.43 Å². The van der Waals surface area contributed by atoms with E-state index in [1.807, 2.05) is 54.8 Å². The van der Waals surface area contributed by atoms with Crippen molar-refractivity contribution in [1.29, 1.82) is 0 Å². The molecule has 150 valence electrons. The van der Waals surface area contributed by atoms with Crippen LogP contribution in [0.3, 0.4) is 0 Å². The number of piperidine rings is 1. The highest BCUT2D eigenvalue weighted by Crippen LogP contribution is 2.25. The van der Waals surface area contributed by atoms with Gasteiger partial charge in [0, 0.05) is 23.1 Å². The Hall–Kier alpha value is -2.70. The van der Waals surface area contributed by atoms with Gasteiger partial charge in [-0.15, -0.1) is 11.3 Å². The highest BCUT2D eigenvalue weighted by molar-refractivity contribution is 7.14. The van der Waals surface area contributed by atoms with Gasteiger partial charge in [-0.3, -0.25) is 10.3 Å². The number of hydrogen-bond donors (Lipinski definition) is 2. The lowest BCUT2D eigenvalue weighted by Gasteiger charge is -2.26. The van der Waals surface area contributed by atoms with E-state index in [0.717, 1.165) is 52.9 Å². The predicted molar refractivity (Wildman–Crippen MR) is 121 cm³/mol. The maximum absolute atomic E-state index is 10.3. The number of rotatable bonds is 6. The minimum Gasteiger partial charge on any atom is -0.508 e. The molecule has 0 spiro atoms. The molecule has 0 amide bonds. The lowest BCUT2D eigenvalue weighted by molar-refractivity contribution is 0.218. The molecule has 29 heavy (non-hydrogen) atoms. The molecule has 4 rings (SSSR count). The van der Waals surface area contributed by atoms with E-state index in [-0.39, 0.29) is 0 Å². The fraction of sp³-hybridized carbons (Fsp3) is 0.304. The van der Waals surface area contributed by atoms with E-state index in [9.17, 15) is 5.11 Å². The number of benzene rings is 2. The van der Waals surface area contributed by atoms with Crippen LogP contribution in [-0.2, 0) is 6.54 Å². The van der Waals surface area contributed by atoms with Gasteiger partial charge in [0.1, 0.15) is 5.75 Å². The molecular weight excluding hydrogens is 380 g/mol. The van der Waals surface area contributed by atoms with Gasteiger partial charge in [-0.1, -0.05) is 36.8 Å². The zero-order chi connectivity index (χ0) is 20.1. The Morgan fingerprint density at radius 3 is 2.72 bits per heavy atom. The van der Waals surface area contributed by atoms with Crippen LogP contribution in [0.2, 0.25) is 0 Å². The third-order valence-corrected chi connectivity index (χ3v) is 5.98. The second kappa shape index (κ2) is 9.20. The first kappa shape index (κ1) is 19.6. The number of hydrogen-bond acceptors (Lipinski definition) is 6. The summed E-state index contributed by atoms with van der Waals surface area (Å²) in [7, 11) is 0. The van der Waals surface area contributed by atoms with Crippen LogP contribution in [0.15, 0.2) is 59.0 Å². The van der Waals surface area contributed by atoms with Crippen molar-refractivity contribution >= 4 is 22.2 Å². The minimum atomic E-state index is 0.354. The van der Waals surface area contributed by atoms with Gasteiger partial charge in [-0.05, 0) is 56.6 Å². The van der Waals surface area contributed by atoms with Gasteiger partial charge in [-0.2, -0.15) is 5.10 Å². The number of aromatic nitrogens is 1. The second-order valence-corrected chi connectivity index (χ2v) is 8.25. The summed E-state index contributed by atoms with van der Waals surface area (Å²) in [4.78, 5) is 7.02. The lowest BCUT2D eigenvalue weighted by atomic mass is 10.0. The monoisotopic (exact) mass is 406 g/mol. The Bertz CT molecular complexity index is 978. The number of likely N-dealkylation sites (tertiary alicyclic amines) is 1. The number of nitrogens with zero attached hydrogens (tertiary/aromatic N) is 3. The summed E-state index contributed by atoms with van der Waals surface area (Å²) in [6.07, 6.45) is 3.79. The van der Waals surface area contributed by atoms with E-state index < -0.39 is 0 Å². The van der Waals surface area contributed by atoms with Crippen molar-refractivity contribution in [3.63, 3.8) is 0 Å². The number of phenolic OH excluding ortho intramolecular Hbond substituents is 1. The summed E-state index contributed by atoms with van der Waals surface area (Å²) in [5.74, 6) is 0.354. The molecular formula is C23H26N4OS. The van der Waals surface area contributed by atoms with Gasteiger partial charge < -0.3 is 5.11 Å². The quantitative estimate of drug-likeness (QED) is 0.429. The van der Waals surface area contributed by atoms with Crippen molar-refractivity contribution in [2.45, 2.75) is 32.7 Å². The number of hydrazone groups is 1. The van der Waals surface area contributed by atoms with E-state index in [1.54, 1.807) is 6.07 Å². The fourth-order valence-electron chi connectivity index (χ4n) is 3.56. The number of aromatic hydroxyl groups is 1. The summed E-state index contributed by atoms with van der Waals surface area (Å²) in [6, 6.07) is 15.8. The second-order valence-electron chi connectivity index (χ2n) is 7.39. The smallest absolute Gasteiger partial charge is 0.203 e. The summed E-state index contributed by atoms with van der Waals surface area (Å²) in [5.41, 5.74) is 7.93. The van der Waals surface area contributed by atoms with Crippen LogP contribution in [-0.4, -0.2) is 33.8 Å². The molecule has 2 aromatic carbocycles. The molecule has 1 aliphatic heterocycles. The first-order valence-corrected chi connectivity index (χ1v) is 10.9. The van der Waals surface area contributed by atoms with E-state index in [0.29, 0.717) is 5.75 Å². The summed E-state index contributed by atoms with van der Waals surface area (Å²) >= 11 is 1.53. The van der Waals surface area contributed by atoms with Crippen molar-refractivity contribution in [2.75, 3.05) is 18.5 Å². The highest BCUT2D eigenvalue weighted by atomic mass is 32.1. The third kappa shape index (κ3) is 5.02. The van der Waals surface area contributed by atoms with Crippen LogP contribution in [0.4, 0.5) is 5.13 Å². The van der Waals surface area contributed by atoms with Gasteiger partial charge in [0.05, 0.1) is 11.4 Å². The molecule has 0 radical (unpaired) electrons. The molecule has 5 nitrogen and oxygen atoms in total. The Labute approximate surface area is 175 Å². The predicted octanol–water partition coefficient (Wildman–Crippen LogP) is 5.34. The molecule has 1 saturated heterocycles. The Kier molecular flexibility index (Phi) is 6.22. The lowest BCUT2D eigenvalue weighted by Crippen LogP contribution is -2.29. The van der Waals surface area contributed by atoms with Gasteiger partial charge in [0.2, 0.25) is 5.13 Å².